The first kappa shape index (κ1) is 19.9. The van der Waals surface area contributed by atoms with Crippen LogP contribution in [-0.2, 0) is 11.2 Å². The van der Waals surface area contributed by atoms with E-state index >= 15 is 0 Å². The van der Waals surface area contributed by atoms with Crippen LogP contribution in [0.25, 0.3) is 0 Å². The minimum Gasteiger partial charge on any atom is -0.487 e. The lowest BCUT2D eigenvalue weighted by Crippen LogP contribution is -2.05. The molecule has 0 amide bonds. The van der Waals surface area contributed by atoms with E-state index in [2.05, 4.69) is 10.1 Å². The molecule has 1 aromatic heterocycles. The molecular weight excluding hydrogens is 362 g/mol. The number of aryl methyl sites for hydroxylation is 2. The molecule has 0 radical (unpaired) electrons. The molecule has 0 saturated heterocycles. The summed E-state index contributed by atoms with van der Waals surface area (Å²) in [6.07, 6.45) is 6.05. The molecule has 1 aromatic carbocycles. The van der Waals surface area contributed by atoms with Crippen LogP contribution in [0.2, 0.25) is 0 Å². The van der Waals surface area contributed by atoms with Gasteiger partial charge in [0.2, 0.25) is 5.90 Å². The predicted molar refractivity (Wildman–Crippen MR) is 104 cm³/mol. The van der Waals surface area contributed by atoms with E-state index in [4.69, 9.17) is 14.0 Å². The molecule has 0 aliphatic carbocycles. The molecule has 28 heavy (non-hydrogen) atoms. The summed E-state index contributed by atoms with van der Waals surface area (Å²) in [6.45, 7) is 3.47. The van der Waals surface area contributed by atoms with Gasteiger partial charge in [-0.15, -0.1) is 0 Å². The Hall–Kier alpha value is -2.90. The van der Waals surface area contributed by atoms with E-state index in [0.717, 1.165) is 50.0 Å². The molecule has 8 heteroatoms. The van der Waals surface area contributed by atoms with Gasteiger partial charge in [-0.2, -0.15) is 0 Å². The Morgan fingerprint density at radius 1 is 1.18 bits per heavy atom. The first-order valence-electron chi connectivity index (χ1n) is 9.64. The Bertz CT molecular complexity index is 831. The monoisotopic (exact) mass is 387 g/mol. The highest BCUT2D eigenvalue weighted by Crippen LogP contribution is 2.29. The zero-order chi connectivity index (χ0) is 19.8. The van der Waals surface area contributed by atoms with Crippen LogP contribution < -0.4 is 4.74 Å². The fourth-order valence-electron chi connectivity index (χ4n) is 3.07. The molecule has 8 nitrogen and oxygen atoms in total. The van der Waals surface area contributed by atoms with Crippen LogP contribution in [0.1, 0.15) is 49.1 Å². The lowest BCUT2D eigenvalue weighted by molar-refractivity contribution is -0.385. The van der Waals surface area contributed by atoms with Gasteiger partial charge >= 0.3 is 5.69 Å². The quantitative estimate of drug-likeness (QED) is 0.325. The van der Waals surface area contributed by atoms with Crippen LogP contribution in [0.3, 0.4) is 0 Å². The summed E-state index contributed by atoms with van der Waals surface area (Å²) < 4.78 is 16.2. The summed E-state index contributed by atoms with van der Waals surface area (Å²) in [5.41, 5.74) is 1.47. The smallest absolute Gasteiger partial charge is 0.311 e. The molecule has 2 heterocycles. The standard InChI is InChI=1S/C20H25N3O5/c1-15-13-17(28-22-15)7-5-3-2-4-6-11-26-19-9-8-16(14-18(19)23(24)25)20-21-10-12-27-20/h8-9,13-14H,2-7,10-12H2,1H3. The van der Waals surface area contributed by atoms with Gasteiger partial charge in [-0.3, -0.25) is 10.1 Å². The maximum Gasteiger partial charge on any atom is 0.311 e. The van der Waals surface area contributed by atoms with Crippen LogP contribution in [0, 0.1) is 17.0 Å². The third-order valence-electron chi connectivity index (χ3n) is 4.49. The van der Waals surface area contributed by atoms with Crippen LogP contribution in [-0.4, -0.2) is 35.7 Å². The van der Waals surface area contributed by atoms with Gasteiger partial charge in [0.15, 0.2) is 5.75 Å². The second kappa shape index (κ2) is 9.87. The number of unbranched alkanes of at least 4 members (excludes halogenated alkanes) is 4. The summed E-state index contributed by atoms with van der Waals surface area (Å²) in [4.78, 5) is 15.1. The lowest BCUT2D eigenvalue weighted by Gasteiger charge is -2.08. The number of nitro benzene ring substituents is 1. The third kappa shape index (κ3) is 5.55. The maximum atomic E-state index is 11.3. The molecule has 0 unspecified atom stereocenters. The van der Waals surface area contributed by atoms with Gasteiger partial charge < -0.3 is 14.0 Å². The van der Waals surface area contributed by atoms with Crippen molar-refractivity contribution in [2.45, 2.75) is 45.4 Å². The van der Waals surface area contributed by atoms with Gasteiger partial charge in [0.25, 0.3) is 0 Å². The Labute approximate surface area is 163 Å². The molecule has 0 bridgehead atoms. The normalized spacial score (nSPS) is 13.2. The first-order chi connectivity index (χ1) is 13.6. The highest BCUT2D eigenvalue weighted by Gasteiger charge is 2.20. The van der Waals surface area contributed by atoms with E-state index in [-0.39, 0.29) is 11.4 Å². The van der Waals surface area contributed by atoms with Crippen molar-refractivity contribution < 1.29 is 18.9 Å². The van der Waals surface area contributed by atoms with Gasteiger partial charge in [-0.05, 0) is 31.9 Å². The van der Waals surface area contributed by atoms with Crippen molar-refractivity contribution >= 4 is 11.6 Å². The van der Waals surface area contributed by atoms with E-state index in [1.165, 1.54) is 6.07 Å². The second-order valence-corrected chi connectivity index (χ2v) is 6.78. The van der Waals surface area contributed by atoms with Gasteiger partial charge in [-0.1, -0.05) is 24.4 Å². The average Bonchev–Trinajstić information content (AvgIpc) is 3.36. The van der Waals surface area contributed by atoms with Crippen molar-refractivity contribution in [1.82, 2.24) is 5.16 Å². The first-order valence-corrected chi connectivity index (χ1v) is 9.64. The minimum absolute atomic E-state index is 0.0574. The molecule has 1 aliphatic heterocycles. The summed E-state index contributed by atoms with van der Waals surface area (Å²) in [6, 6.07) is 6.80. The van der Waals surface area contributed by atoms with E-state index in [1.807, 2.05) is 13.0 Å². The van der Waals surface area contributed by atoms with Crippen molar-refractivity contribution in [3.8, 4) is 5.75 Å². The Morgan fingerprint density at radius 3 is 2.71 bits per heavy atom. The number of benzene rings is 1. The van der Waals surface area contributed by atoms with Gasteiger partial charge in [0.05, 0.1) is 23.8 Å². The highest BCUT2D eigenvalue weighted by molar-refractivity contribution is 5.95. The minimum atomic E-state index is -0.431. The molecule has 0 N–H and O–H groups in total. The van der Waals surface area contributed by atoms with E-state index < -0.39 is 4.92 Å². The van der Waals surface area contributed by atoms with Crippen LogP contribution in [0.15, 0.2) is 33.8 Å². The summed E-state index contributed by atoms with van der Waals surface area (Å²) in [5, 5.41) is 15.2. The van der Waals surface area contributed by atoms with Crippen LogP contribution >= 0.6 is 0 Å². The third-order valence-corrected chi connectivity index (χ3v) is 4.49. The van der Waals surface area contributed by atoms with Gasteiger partial charge in [0.1, 0.15) is 12.4 Å². The zero-order valence-corrected chi connectivity index (χ0v) is 16.1. The van der Waals surface area contributed by atoms with Crippen LogP contribution in [0.4, 0.5) is 5.69 Å². The van der Waals surface area contributed by atoms with Gasteiger partial charge in [0, 0.05) is 24.1 Å². The molecule has 150 valence electrons. The van der Waals surface area contributed by atoms with Crippen molar-refractivity contribution in [3.05, 3.63) is 51.4 Å². The Kier molecular flexibility index (Phi) is 7.00. The lowest BCUT2D eigenvalue weighted by atomic mass is 10.1. The molecule has 0 spiro atoms. The molecular formula is C20H25N3O5. The molecule has 1 aliphatic rings. The zero-order valence-electron chi connectivity index (χ0n) is 16.1. The molecule has 0 fully saturated rings. The number of nitro groups is 1. The number of aliphatic imine (C=N–C) groups is 1. The number of ether oxygens (including phenoxy) is 2. The maximum absolute atomic E-state index is 11.3. The second-order valence-electron chi connectivity index (χ2n) is 6.78. The van der Waals surface area contributed by atoms with Crippen molar-refractivity contribution in [2.75, 3.05) is 19.8 Å². The summed E-state index contributed by atoms with van der Waals surface area (Å²) in [5.74, 6) is 1.67. The Morgan fingerprint density at radius 2 is 2.00 bits per heavy atom. The fraction of sp³-hybridized carbons (Fsp3) is 0.500. The van der Waals surface area contributed by atoms with Crippen molar-refractivity contribution in [2.24, 2.45) is 4.99 Å². The van der Waals surface area contributed by atoms with Gasteiger partial charge in [-0.25, -0.2) is 4.99 Å². The van der Waals surface area contributed by atoms with E-state index in [1.54, 1.807) is 12.1 Å². The fourth-order valence-corrected chi connectivity index (χ4v) is 3.07. The van der Waals surface area contributed by atoms with Crippen molar-refractivity contribution in [1.29, 1.82) is 0 Å². The highest BCUT2D eigenvalue weighted by atomic mass is 16.6. The predicted octanol–water partition coefficient (Wildman–Crippen LogP) is 4.24. The number of nitrogens with zero attached hydrogens (tertiary/aromatic N) is 3. The molecule has 2 aromatic rings. The Balaban J connectivity index is 1.37. The average molecular weight is 387 g/mol. The van der Waals surface area contributed by atoms with Crippen LogP contribution in [0.5, 0.6) is 5.75 Å². The topological polar surface area (TPSA) is 100.0 Å². The number of hydrogen-bond donors (Lipinski definition) is 0. The number of aromatic nitrogens is 1. The number of hydrogen-bond acceptors (Lipinski definition) is 7. The summed E-state index contributed by atoms with van der Waals surface area (Å²) in [7, 11) is 0. The molecule has 0 atom stereocenters. The van der Waals surface area contributed by atoms with E-state index in [9.17, 15) is 10.1 Å². The van der Waals surface area contributed by atoms with E-state index in [0.29, 0.717) is 31.2 Å². The number of rotatable bonds is 11. The SMILES string of the molecule is Cc1cc(CCCCCCCOc2ccc(C3=NCCO3)cc2[N+](=O)[O-])on1. The molecule has 3 rings (SSSR count). The van der Waals surface area contributed by atoms with Crippen molar-refractivity contribution in [3.63, 3.8) is 0 Å². The molecule has 0 saturated carbocycles. The summed E-state index contributed by atoms with van der Waals surface area (Å²) >= 11 is 0. The largest absolute Gasteiger partial charge is 0.487 e.